The van der Waals surface area contributed by atoms with Crippen molar-refractivity contribution in [2.45, 2.75) is 13.1 Å². The number of halogens is 3. The van der Waals surface area contributed by atoms with E-state index in [0.717, 1.165) is 12.1 Å². The summed E-state index contributed by atoms with van der Waals surface area (Å²) in [6.45, 7) is 1.35. The highest BCUT2D eigenvalue weighted by molar-refractivity contribution is 5.93. The van der Waals surface area contributed by atoms with E-state index in [2.05, 4.69) is 10.2 Å². The number of nitrogens with one attached hydrogen (secondary N) is 1. The Balaban J connectivity index is 2.41. The predicted octanol–water partition coefficient (Wildman–Crippen LogP) is 3.30. The van der Waals surface area contributed by atoms with E-state index < -0.39 is 11.7 Å². The summed E-state index contributed by atoms with van der Waals surface area (Å²) in [5, 5.41) is 6.30. The van der Waals surface area contributed by atoms with Crippen molar-refractivity contribution >= 4 is 5.78 Å². The third-order valence-electron chi connectivity index (χ3n) is 2.44. The number of hydrogen-bond donors (Lipinski definition) is 1. The molecule has 6 heteroatoms. The molecule has 0 amide bonds. The summed E-state index contributed by atoms with van der Waals surface area (Å²) >= 11 is 0. The first-order valence-electron chi connectivity index (χ1n) is 5.12. The maximum atomic E-state index is 12.5. The van der Waals surface area contributed by atoms with E-state index in [1.54, 1.807) is 0 Å². The Labute approximate surface area is 101 Å². The van der Waals surface area contributed by atoms with Crippen LogP contribution >= 0.6 is 0 Å². The lowest BCUT2D eigenvalue weighted by Gasteiger charge is -2.07. The molecule has 0 aliphatic heterocycles. The van der Waals surface area contributed by atoms with Gasteiger partial charge < -0.3 is 0 Å². The van der Waals surface area contributed by atoms with Gasteiger partial charge in [0, 0.05) is 12.5 Å². The van der Waals surface area contributed by atoms with Crippen LogP contribution in [0, 0.1) is 0 Å². The average molecular weight is 254 g/mol. The maximum absolute atomic E-state index is 12.5. The first-order chi connectivity index (χ1) is 8.38. The van der Waals surface area contributed by atoms with Crippen LogP contribution in [0.1, 0.15) is 23.0 Å². The van der Waals surface area contributed by atoms with Crippen molar-refractivity contribution in [3.63, 3.8) is 0 Å². The average Bonchev–Trinajstić information content (AvgIpc) is 2.77. The SMILES string of the molecule is CC(=O)c1cc(-c2cccc(C(F)(F)F)c2)n[nH]1. The molecule has 0 saturated carbocycles. The molecule has 0 aliphatic rings. The number of aromatic amines is 1. The van der Waals surface area contributed by atoms with Gasteiger partial charge in [0.15, 0.2) is 5.78 Å². The van der Waals surface area contributed by atoms with Gasteiger partial charge >= 0.3 is 6.18 Å². The second-order valence-corrected chi connectivity index (χ2v) is 3.80. The van der Waals surface area contributed by atoms with Crippen molar-refractivity contribution in [3.8, 4) is 11.3 Å². The first-order valence-corrected chi connectivity index (χ1v) is 5.12. The number of aromatic nitrogens is 2. The summed E-state index contributed by atoms with van der Waals surface area (Å²) in [6.07, 6.45) is -4.39. The molecule has 2 rings (SSSR count). The van der Waals surface area contributed by atoms with E-state index >= 15 is 0 Å². The fraction of sp³-hybridized carbons (Fsp3) is 0.167. The second-order valence-electron chi connectivity index (χ2n) is 3.80. The minimum Gasteiger partial charge on any atom is -0.293 e. The molecule has 0 bridgehead atoms. The topological polar surface area (TPSA) is 45.8 Å². The highest BCUT2D eigenvalue weighted by atomic mass is 19.4. The molecule has 0 saturated heterocycles. The fourth-order valence-electron chi connectivity index (χ4n) is 1.50. The minimum atomic E-state index is -4.39. The van der Waals surface area contributed by atoms with Crippen molar-refractivity contribution < 1.29 is 18.0 Å². The molecular formula is C12H9F3N2O. The summed E-state index contributed by atoms with van der Waals surface area (Å²) in [4.78, 5) is 11.1. The van der Waals surface area contributed by atoms with Gasteiger partial charge in [0.25, 0.3) is 0 Å². The summed E-state index contributed by atoms with van der Waals surface area (Å²) < 4.78 is 37.6. The second kappa shape index (κ2) is 4.29. The third-order valence-corrected chi connectivity index (χ3v) is 2.44. The summed E-state index contributed by atoms with van der Waals surface area (Å²) in [6, 6.07) is 6.23. The standard InChI is InChI=1S/C12H9F3N2O/c1-7(18)10-6-11(17-16-10)8-3-2-4-9(5-8)12(13,14)15/h2-6H,1H3,(H,16,17). The van der Waals surface area contributed by atoms with Crippen molar-refractivity contribution in [3.05, 3.63) is 41.6 Å². The molecule has 0 aliphatic carbocycles. The number of carbonyl (C=O) groups is 1. The van der Waals surface area contributed by atoms with E-state index in [1.807, 2.05) is 0 Å². The Kier molecular flexibility index (Phi) is 2.94. The van der Waals surface area contributed by atoms with Crippen LogP contribution in [0.25, 0.3) is 11.3 Å². The third kappa shape index (κ3) is 2.42. The molecule has 0 radical (unpaired) electrons. The molecule has 1 aromatic carbocycles. The molecule has 1 heterocycles. The number of H-pyrrole nitrogens is 1. The van der Waals surface area contributed by atoms with E-state index in [1.165, 1.54) is 25.1 Å². The zero-order valence-electron chi connectivity index (χ0n) is 9.38. The van der Waals surface area contributed by atoms with Crippen molar-refractivity contribution in [1.29, 1.82) is 0 Å². The van der Waals surface area contributed by atoms with Crippen LogP contribution < -0.4 is 0 Å². The molecule has 0 spiro atoms. The number of alkyl halides is 3. The van der Waals surface area contributed by atoms with Crippen molar-refractivity contribution in [2.24, 2.45) is 0 Å². The van der Waals surface area contributed by atoms with Gasteiger partial charge in [-0.15, -0.1) is 0 Å². The number of Topliss-reactive ketones (excluding diaryl/α,β-unsaturated/α-hetero) is 1. The largest absolute Gasteiger partial charge is 0.416 e. The number of carbonyl (C=O) groups excluding carboxylic acids is 1. The Morgan fingerprint density at radius 1 is 1.28 bits per heavy atom. The predicted molar refractivity (Wildman–Crippen MR) is 59.0 cm³/mol. The highest BCUT2D eigenvalue weighted by Crippen LogP contribution is 2.31. The number of hydrogen-bond acceptors (Lipinski definition) is 2. The fourth-order valence-corrected chi connectivity index (χ4v) is 1.50. The van der Waals surface area contributed by atoms with Gasteiger partial charge in [0.2, 0.25) is 0 Å². The van der Waals surface area contributed by atoms with Crippen LogP contribution in [0.3, 0.4) is 0 Å². The monoisotopic (exact) mass is 254 g/mol. The number of ketones is 1. The summed E-state index contributed by atoms with van der Waals surface area (Å²) in [5.41, 5.74) is 0.148. The van der Waals surface area contributed by atoms with Crippen LogP contribution in [0.15, 0.2) is 30.3 Å². The zero-order chi connectivity index (χ0) is 13.3. The normalized spacial score (nSPS) is 11.6. The number of rotatable bonds is 2. The van der Waals surface area contributed by atoms with Gasteiger partial charge in [-0.1, -0.05) is 12.1 Å². The number of benzene rings is 1. The molecule has 0 atom stereocenters. The van der Waals surface area contributed by atoms with Crippen molar-refractivity contribution in [2.75, 3.05) is 0 Å². The van der Waals surface area contributed by atoms with Crippen LogP contribution in [0.2, 0.25) is 0 Å². The number of nitrogens with zero attached hydrogens (tertiary/aromatic N) is 1. The van der Waals surface area contributed by atoms with E-state index in [4.69, 9.17) is 0 Å². The van der Waals surface area contributed by atoms with Gasteiger partial charge in [0.1, 0.15) is 5.69 Å². The molecule has 18 heavy (non-hydrogen) atoms. The van der Waals surface area contributed by atoms with Gasteiger partial charge in [-0.05, 0) is 18.2 Å². The van der Waals surface area contributed by atoms with Gasteiger partial charge in [-0.2, -0.15) is 18.3 Å². The molecule has 94 valence electrons. The summed E-state index contributed by atoms with van der Waals surface area (Å²) in [7, 11) is 0. The molecule has 1 N–H and O–H groups in total. The lowest BCUT2D eigenvalue weighted by molar-refractivity contribution is -0.137. The van der Waals surface area contributed by atoms with E-state index in [9.17, 15) is 18.0 Å². The Morgan fingerprint density at radius 2 is 2.00 bits per heavy atom. The first kappa shape index (κ1) is 12.3. The molecule has 0 fully saturated rings. The van der Waals surface area contributed by atoms with Crippen LogP contribution in [0.5, 0.6) is 0 Å². The molecule has 1 aromatic heterocycles. The molecule has 2 aromatic rings. The van der Waals surface area contributed by atoms with Crippen molar-refractivity contribution in [1.82, 2.24) is 10.2 Å². The van der Waals surface area contributed by atoms with E-state index in [0.29, 0.717) is 11.3 Å². The zero-order valence-corrected chi connectivity index (χ0v) is 9.38. The lowest BCUT2D eigenvalue weighted by atomic mass is 10.1. The highest BCUT2D eigenvalue weighted by Gasteiger charge is 2.30. The smallest absolute Gasteiger partial charge is 0.293 e. The lowest BCUT2D eigenvalue weighted by Crippen LogP contribution is -2.04. The Bertz CT molecular complexity index is 587. The molecule has 0 unspecified atom stereocenters. The van der Waals surface area contributed by atoms with Gasteiger partial charge in [0.05, 0.1) is 11.3 Å². The van der Waals surface area contributed by atoms with Crippen LogP contribution in [0.4, 0.5) is 13.2 Å². The van der Waals surface area contributed by atoms with Gasteiger partial charge in [-0.25, -0.2) is 0 Å². The molecular weight excluding hydrogens is 245 g/mol. The Morgan fingerprint density at radius 3 is 2.56 bits per heavy atom. The van der Waals surface area contributed by atoms with E-state index in [-0.39, 0.29) is 11.5 Å². The van der Waals surface area contributed by atoms with Crippen LogP contribution in [-0.4, -0.2) is 16.0 Å². The van der Waals surface area contributed by atoms with Gasteiger partial charge in [-0.3, -0.25) is 9.89 Å². The molecule has 3 nitrogen and oxygen atoms in total. The minimum absolute atomic E-state index is 0.222. The summed E-state index contributed by atoms with van der Waals surface area (Å²) in [5.74, 6) is -0.222. The maximum Gasteiger partial charge on any atom is 0.416 e. The quantitative estimate of drug-likeness (QED) is 0.836. The van der Waals surface area contributed by atoms with Crippen LogP contribution in [-0.2, 0) is 6.18 Å². The Hall–Kier alpha value is -2.11.